The number of nitrogens with one attached hydrogen (secondary N) is 1. The van der Waals surface area contributed by atoms with Crippen molar-refractivity contribution < 1.29 is 9.53 Å². The summed E-state index contributed by atoms with van der Waals surface area (Å²) < 4.78 is 6.41. The van der Waals surface area contributed by atoms with Crippen molar-refractivity contribution in [3.8, 4) is 5.75 Å². The molecule has 0 fully saturated rings. The van der Waals surface area contributed by atoms with Crippen molar-refractivity contribution in [1.29, 1.82) is 0 Å². The van der Waals surface area contributed by atoms with Crippen molar-refractivity contribution in [3.63, 3.8) is 0 Å². The molecule has 0 aliphatic heterocycles. The van der Waals surface area contributed by atoms with Crippen molar-refractivity contribution in [1.82, 2.24) is 0 Å². The minimum absolute atomic E-state index is 0.265. The van der Waals surface area contributed by atoms with Crippen LogP contribution >= 0.6 is 27.5 Å². The highest BCUT2D eigenvalue weighted by molar-refractivity contribution is 9.10. The van der Waals surface area contributed by atoms with Crippen LogP contribution in [0.5, 0.6) is 5.75 Å². The highest BCUT2D eigenvalue weighted by atomic mass is 79.9. The molecule has 0 saturated heterocycles. The number of carbonyl (C=O) groups is 1. The van der Waals surface area contributed by atoms with Crippen LogP contribution in [-0.4, -0.2) is 12.0 Å². The van der Waals surface area contributed by atoms with Gasteiger partial charge in [-0.2, -0.15) is 0 Å². The van der Waals surface area contributed by atoms with Crippen LogP contribution in [0.25, 0.3) is 0 Å². The lowest BCUT2D eigenvalue weighted by atomic mass is 10.2. The average Bonchev–Trinajstić information content (AvgIpc) is 2.44. The minimum atomic E-state index is -0.679. The van der Waals surface area contributed by atoms with Crippen LogP contribution in [-0.2, 0) is 4.79 Å². The first-order valence-corrected chi connectivity index (χ1v) is 7.41. The Hall–Kier alpha value is -1.72. The minimum Gasteiger partial charge on any atom is -0.479 e. The third-order valence-electron chi connectivity index (χ3n) is 2.75. The van der Waals surface area contributed by atoms with E-state index in [9.17, 15) is 4.79 Å². The molecule has 6 heteroatoms. The first-order chi connectivity index (χ1) is 9.95. The third kappa shape index (κ3) is 4.37. The van der Waals surface area contributed by atoms with E-state index in [4.69, 9.17) is 22.1 Å². The number of amides is 1. The van der Waals surface area contributed by atoms with Crippen LogP contribution in [0.2, 0.25) is 5.02 Å². The van der Waals surface area contributed by atoms with Crippen LogP contribution in [0.15, 0.2) is 46.9 Å². The van der Waals surface area contributed by atoms with Gasteiger partial charge in [0.1, 0.15) is 5.75 Å². The molecule has 0 aliphatic rings. The largest absolute Gasteiger partial charge is 0.479 e. The third-order valence-corrected chi connectivity index (χ3v) is 3.53. The fourth-order valence-corrected chi connectivity index (χ4v) is 2.34. The summed E-state index contributed by atoms with van der Waals surface area (Å²) in [5.74, 6) is 0.193. The standard InChI is InChI=1S/C15H14BrClN2O2/c1-9(21-14-7-2-10(16)8-13(14)17)15(20)19-12-5-3-11(18)4-6-12/h2-9H,18H2,1H3,(H,19,20). The van der Waals surface area contributed by atoms with E-state index >= 15 is 0 Å². The van der Waals surface area contributed by atoms with Crippen LogP contribution in [0.3, 0.4) is 0 Å². The maximum atomic E-state index is 12.1. The summed E-state index contributed by atoms with van der Waals surface area (Å²) >= 11 is 9.37. The molecule has 1 amide bonds. The van der Waals surface area contributed by atoms with Gasteiger partial charge in [-0.25, -0.2) is 0 Å². The predicted molar refractivity (Wildman–Crippen MR) is 88.7 cm³/mol. The van der Waals surface area contributed by atoms with Gasteiger partial charge in [0.15, 0.2) is 6.10 Å². The second-order valence-electron chi connectivity index (χ2n) is 4.45. The quantitative estimate of drug-likeness (QED) is 0.798. The molecule has 1 unspecified atom stereocenters. The summed E-state index contributed by atoms with van der Waals surface area (Å²) in [7, 11) is 0. The van der Waals surface area contributed by atoms with E-state index in [-0.39, 0.29) is 5.91 Å². The lowest BCUT2D eigenvalue weighted by molar-refractivity contribution is -0.122. The maximum absolute atomic E-state index is 12.1. The molecule has 1 atom stereocenters. The number of benzene rings is 2. The molecule has 0 spiro atoms. The van der Waals surface area contributed by atoms with E-state index in [2.05, 4.69) is 21.2 Å². The Labute approximate surface area is 136 Å². The molecule has 0 aromatic heterocycles. The van der Waals surface area contributed by atoms with Gasteiger partial charge in [-0.3, -0.25) is 4.79 Å². The van der Waals surface area contributed by atoms with Crippen LogP contribution in [0, 0.1) is 0 Å². The molecular weight excluding hydrogens is 356 g/mol. The first kappa shape index (κ1) is 15.7. The molecule has 110 valence electrons. The zero-order valence-electron chi connectivity index (χ0n) is 11.3. The smallest absolute Gasteiger partial charge is 0.265 e. The number of nitrogen functional groups attached to an aromatic ring is 1. The maximum Gasteiger partial charge on any atom is 0.265 e. The van der Waals surface area contributed by atoms with Gasteiger partial charge in [0, 0.05) is 15.8 Å². The van der Waals surface area contributed by atoms with Gasteiger partial charge in [0.25, 0.3) is 5.91 Å². The Bertz CT molecular complexity index is 647. The molecule has 3 N–H and O–H groups in total. The average molecular weight is 370 g/mol. The van der Waals surface area contributed by atoms with Gasteiger partial charge < -0.3 is 15.8 Å². The summed E-state index contributed by atoms with van der Waals surface area (Å²) in [6, 6.07) is 12.1. The molecule has 0 bridgehead atoms. The van der Waals surface area contributed by atoms with E-state index in [1.54, 1.807) is 49.4 Å². The SMILES string of the molecule is CC(Oc1ccc(Br)cc1Cl)C(=O)Nc1ccc(N)cc1. The molecule has 0 saturated carbocycles. The molecule has 2 rings (SSSR count). The normalized spacial score (nSPS) is 11.8. The Morgan fingerprint density at radius 1 is 1.29 bits per heavy atom. The number of nitrogens with two attached hydrogens (primary N) is 1. The summed E-state index contributed by atoms with van der Waals surface area (Å²) in [6.07, 6.45) is -0.679. The van der Waals surface area contributed by atoms with Gasteiger partial charge in [-0.05, 0) is 49.4 Å². The molecule has 21 heavy (non-hydrogen) atoms. The van der Waals surface area contributed by atoms with E-state index in [1.165, 1.54) is 0 Å². The number of carbonyl (C=O) groups excluding carboxylic acids is 1. The van der Waals surface area contributed by atoms with Gasteiger partial charge in [-0.15, -0.1) is 0 Å². The van der Waals surface area contributed by atoms with Crippen LogP contribution < -0.4 is 15.8 Å². The lowest BCUT2D eigenvalue weighted by Gasteiger charge is -2.15. The van der Waals surface area contributed by atoms with Gasteiger partial charge in [0.05, 0.1) is 5.02 Å². The Balaban J connectivity index is 2.00. The monoisotopic (exact) mass is 368 g/mol. The zero-order valence-corrected chi connectivity index (χ0v) is 13.6. The Morgan fingerprint density at radius 2 is 1.95 bits per heavy atom. The molecule has 4 nitrogen and oxygen atoms in total. The molecule has 0 heterocycles. The number of hydrogen-bond donors (Lipinski definition) is 2. The highest BCUT2D eigenvalue weighted by Crippen LogP contribution is 2.28. The van der Waals surface area contributed by atoms with Crippen molar-refractivity contribution in [3.05, 3.63) is 52.0 Å². The molecule has 0 radical (unpaired) electrons. The van der Waals surface area contributed by atoms with Crippen molar-refractivity contribution >= 4 is 44.8 Å². The highest BCUT2D eigenvalue weighted by Gasteiger charge is 2.16. The first-order valence-electron chi connectivity index (χ1n) is 6.24. The lowest BCUT2D eigenvalue weighted by Crippen LogP contribution is -2.30. The summed E-state index contributed by atoms with van der Waals surface area (Å²) in [5.41, 5.74) is 6.89. The van der Waals surface area contributed by atoms with E-state index in [0.29, 0.717) is 22.1 Å². The number of halogens is 2. The van der Waals surface area contributed by atoms with Crippen molar-refractivity contribution in [2.75, 3.05) is 11.1 Å². The molecule has 2 aromatic rings. The fourth-order valence-electron chi connectivity index (χ4n) is 1.63. The van der Waals surface area contributed by atoms with Crippen molar-refractivity contribution in [2.45, 2.75) is 13.0 Å². The van der Waals surface area contributed by atoms with Crippen molar-refractivity contribution in [2.24, 2.45) is 0 Å². The number of anilines is 2. The number of ether oxygens (including phenoxy) is 1. The molecule has 0 aliphatic carbocycles. The van der Waals surface area contributed by atoms with Crippen LogP contribution in [0.4, 0.5) is 11.4 Å². The van der Waals surface area contributed by atoms with Gasteiger partial charge >= 0.3 is 0 Å². The second-order valence-corrected chi connectivity index (χ2v) is 5.77. The molecule has 2 aromatic carbocycles. The summed E-state index contributed by atoms with van der Waals surface area (Å²) in [6.45, 7) is 1.66. The number of hydrogen-bond acceptors (Lipinski definition) is 3. The molecular formula is C15H14BrClN2O2. The second kappa shape index (κ2) is 6.83. The Kier molecular flexibility index (Phi) is 5.09. The number of rotatable bonds is 4. The van der Waals surface area contributed by atoms with E-state index in [0.717, 1.165) is 4.47 Å². The van der Waals surface area contributed by atoms with Gasteiger partial charge in [0.2, 0.25) is 0 Å². The van der Waals surface area contributed by atoms with Gasteiger partial charge in [-0.1, -0.05) is 27.5 Å². The topological polar surface area (TPSA) is 64.3 Å². The fraction of sp³-hybridized carbons (Fsp3) is 0.133. The Morgan fingerprint density at radius 3 is 2.57 bits per heavy atom. The predicted octanol–water partition coefficient (Wildman–Crippen LogP) is 4.09. The van der Waals surface area contributed by atoms with E-state index < -0.39 is 6.10 Å². The van der Waals surface area contributed by atoms with E-state index in [1.807, 2.05) is 0 Å². The van der Waals surface area contributed by atoms with Crippen LogP contribution in [0.1, 0.15) is 6.92 Å². The summed E-state index contributed by atoms with van der Waals surface area (Å²) in [4.78, 5) is 12.1. The zero-order chi connectivity index (χ0) is 15.4. The summed E-state index contributed by atoms with van der Waals surface area (Å²) in [5, 5.41) is 3.19.